The van der Waals surface area contributed by atoms with E-state index in [1.807, 2.05) is 90.6 Å². The number of aliphatic carboxylic acids is 1. The maximum absolute atomic E-state index is 13.5. The van der Waals surface area contributed by atoms with E-state index in [2.05, 4.69) is 5.32 Å². The molecule has 0 spiro atoms. The number of aryl methyl sites for hydroxylation is 1. The van der Waals surface area contributed by atoms with E-state index in [4.69, 9.17) is 14.6 Å². The molecule has 218 valence electrons. The third-order valence-electron chi connectivity index (χ3n) is 7.70. The van der Waals surface area contributed by atoms with Crippen LogP contribution in [-0.4, -0.2) is 65.2 Å². The number of benzene rings is 2. The van der Waals surface area contributed by atoms with Crippen LogP contribution in [0.5, 0.6) is 0 Å². The number of fused-ring (bicyclic) bond motifs is 3. The van der Waals surface area contributed by atoms with Crippen LogP contribution in [0.3, 0.4) is 0 Å². The Morgan fingerprint density at radius 1 is 1.00 bits per heavy atom. The van der Waals surface area contributed by atoms with Crippen molar-refractivity contribution >= 4 is 23.4 Å². The van der Waals surface area contributed by atoms with E-state index in [1.54, 1.807) is 0 Å². The average Bonchev–Trinajstić information content (AvgIpc) is 3.39. The minimum atomic E-state index is -5.19. The molecule has 0 saturated carbocycles. The number of nitrogens with zero attached hydrogens (tertiary/aromatic N) is 2. The lowest BCUT2D eigenvalue weighted by Crippen LogP contribution is -2.66. The summed E-state index contributed by atoms with van der Waals surface area (Å²) in [4.78, 5) is 35.3. The van der Waals surface area contributed by atoms with Crippen LogP contribution < -0.4 is 10.4 Å². The van der Waals surface area contributed by atoms with Crippen LogP contribution >= 0.6 is 0 Å². The molecule has 3 fully saturated rings. The lowest BCUT2D eigenvalue weighted by Gasteiger charge is -2.51. The Morgan fingerprint density at radius 3 is 2.12 bits per heavy atom. The number of carbonyl (C=O) groups is 3. The standard InChI is InChI=1S/C28H32N3O3.C2HF3O2/c1-30-16-8-13-24(30)25(32)19-31-17-14-21(15-18-31)26(20-31)34-28(33)27(22-9-4-2-5-10-22)29-23-11-6-3-7-12-23;3-2(4,5)1(6)7/h2-13,16,21,26-27,29H,14-15,17-20H2,1H3;(H,6,7)/q+1;/p-1/t21?,26-,27?,31?;/m0./s1. The maximum atomic E-state index is 13.5. The van der Waals surface area contributed by atoms with Gasteiger partial charge in [0.1, 0.15) is 19.1 Å². The van der Waals surface area contributed by atoms with Crippen molar-refractivity contribution in [2.75, 3.05) is 31.5 Å². The summed E-state index contributed by atoms with van der Waals surface area (Å²) in [5.41, 5.74) is 2.49. The number of rotatable bonds is 8. The molecule has 3 saturated heterocycles. The van der Waals surface area contributed by atoms with Crippen molar-refractivity contribution < 1.29 is 41.9 Å². The number of para-hydroxylation sites is 1. The molecule has 6 rings (SSSR count). The number of carbonyl (C=O) groups excluding carboxylic acids is 3. The molecule has 3 aliphatic heterocycles. The first-order valence-electron chi connectivity index (χ1n) is 13.3. The lowest BCUT2D eigenvalue weighted by molar-refractivity contribution is -0.938. The summed E-state index contributed by atoms with van der Waals surface area (Å²) in [6.45, 7) is 3.11. The van der Waals surface area contributed by atoms with Gasteiger partial charge in [-0.25, -0.2) is 4.79 Å². The monoisotopic (exact) mass is 571 g/mol. The first-order valence-corrected chi connectivity index (χ1v) is 13.3. The molecule has 2 aromatic carbocycles. The number of hydrogen-bond acceptors (Lipinski definition) is 6. The highest BCUT2D eigenvalue weighted by Crippen LogP contribution is 2.36. The highest BCUT2D eigenvalue weighted by atomic mass is 19.4. The second-order valence-corrected chi connectivity index (χ2v) is 10.5. The van der Waals surface area contributed by atoms with Crippen molar-refractivity contribution in [2.45, 2.75) is 31.2 Å². The van der Waals surface area contributed by atoms with E-state index in [1.165, 1.54) is 0 Å². The number of Topliss-reactive ketones (excluding diaryl/α,β-unsaturated/α-hetero) is 1. The number of ketones is 1. The van der Waals surface area contributed by atoms with Gasteiger partial charge < -0.3 is 29.0 Å². The summed E-state index contributed by atoms with van der Waals surface area (Å²) in [5.74, 6) is -2.75. The fraction of sp³-hybridized carbons (Fsp3) is 0.367. The minimum Gasteiger partial charge on any atom is -0.542 e. The molecule has 2 atom stereocenters. The molecular formula is C30H32F3N3O5. The summed E-state index contributed by atoms with van der Waals surface area (Å²) >= 11 is 0. The maximum Gasteiger partial charge on any atom is 0.430 e. The third kappa shape index (κ3) is 7.55. The third-order valence-corrected chi connectivity index (χ3v) is 7.70. The quantitative estimate of drug-likeness (QED) is 0.252. The molecule has 41 heavy (non-hydrogen) atoms. The van der Waals surface area contributed by atoms with E-state index in [0.717, 1.165) is 42.9 Å². The number of piperidine rings is 3. The number of nitrogens with one attached hydrogen (secondary N) is 1. The van der Waals surface area contributed by atoms with Crippen molar-refractivity contribution in [2.24, 2.45) is 13.0 Å². The molecule has 1 aromatic heterocycles. The lowest BCUT2D eigenvalue weighted by atomic mass is 9.83. The van der Waals surface area contributed by atoms with E-state index >= 15 is 0 Å². The molecule has 4 heterocycles. The number of ether oxygens (including phenoxy) is 1. The van der Waals surface area contributed by atoms with Crippen molar-refractivity contribution in [3.05, 3.63) is 90.3 Å². The second kappa shape index (κ2) is 12.6. The zero-order valence-corrected chi connectivity index (χ0v) is 22.5. The number of anilines is 1. The van der Waals surface area contributed by atoms with E-state index in [9.17, 15) is 22.8 Å². The summed E-state index contributed by atoms with van der Waals surface area (Å²) in [7, 11) is 1.91. The van der Waals surface area contributed by atoms with Gasteiger partial charge >= 0.3 is 12.1 Å². The van der Waals surface area contributed by atoms with Crippen LogP contribution in [0.15, 0.2) is 79.0 Å². The fourth-order valence-electron chi connectivity index (χ4n) is 5.56. The van der Waals surface area contributed by atoms with Gasteiger partial charge in [-0.05, 0) is 29.8 Å². The number of esters is 1. The average molecular weight is 572 g/mol. The van der Waals surface area contributed by atoms with Crippen LogP contribution in [-0.2, 0) is 21.4 Å². The van der Waals surface area contributed by atoms with Gasteiger partial charge in [-0.1, -0.05) is 48.5 Å². The SMILES string of the molecule is Cn1cccc1C(=O)C[N+]12CCC(CC1)[C@@H](OC(=O)C(Nc1ccccc1)c1ccccc1)C2.O=C([O-])C(F)(F)F. The van der Waals surface area contributed by atoms with Crippen molar-refractivity contribution in [3.8, 4) is 0 Å². The molecule has 0 radical (unpaired) electrons. The summed E-state index contributed by atoms with van der Waals surface area (Å²) in [6, 6.07) is 22.7. The predicted octanol–water partition coefficient (Wildman–Crippen LogP) is 3.51. The Morgan fingerprint density at radius 2 is 1.59 bits per heavy atom. The van der Waals surface area contributed by atoms with Gasteiger partial charge in [0.15, 0.2) is 12.1 Å². The van der Waals surface area contributed by atoms with E-state index in [-0.39, 0.29) is 17.9 Å². The highest BCUT2D eigenvalue weighted by molar-refractivity contribution is 5.95. The molecule has 1 unspecified atom stereocenters. The molecule has 0 aliphatic carbocycles. The van der Waals surface area contributed by atoms with Gasteiger partial charge in [0.25, 0.3) is 0 Å². The second-order valence-electron chi connectivity index (χ2n) is 10.5. The summed E-state index contributed by atoms with van der Waals surface area (Å²) < 4.78 is 40.3. The van der Waals surface area contributed by atoms with Crippen LogP contribution in [0, 0.1) is 5.92 Å². The Bertz CT molecular complexity index is 1340. The molecule has 8 nitrogen and oxygen atoms in total. The highest BCUT2D eigenvalue weighted by Gasteiger charge is 2.49. The number of halogens is 3. The van der Waals surface area contributed by atoms with Crippen LogP contribution in [0.25, 0.3) is 0 Å². The first-order chi connectivity index (χ1) is 19.5. The van der Waals surface area contributed by atoms with Crippen molar-refractivity contribution in [3.63, 3.8) is 0 Å². The number of carboxylic acids is 1. The van der Waals surface area contributed by atoms with Crippen LogP contribution in [0.1, 0.15) is 34.9 Å². The zero-order valence-electron chi connectivity index (χ0n) is 22.5. The Hall–Kier alpha value is -4.12. The zero-order chi connectivity index (χ0) is 29.6. The smallest absolute Gasteiger partial charge is 0.430 e. The number of aromatic nitrogens is 1. The van der Waals surface area contributed by atoms with Gasteiger partial charge in [-0.15, -0.1) is 0 Å². The summed E-state index contributed by atoms with van der Waals surface area (Å²) in [5, 5.41) is 12.1. The van der Waals surface area contributed by atoms with Gasteiger partial charge in [0, 0.05) is 37.7 Å². The van der Waals surface area contributed by atoms with E-state index in [0.29, 0.717) is 23.5 Å². The Kier molecular flexibility index (Phi) is 9.17. The van der Waals surface area contributed by atoms with Gasteiger partial charge in [-0.2, -0.15) is 13.2 Å². The Labute approximate surface area is 235 Å². The molecule has 11 heteroatoms. The first kappa shape index (κ1) is 29.9. The van der Waals surface area contributed by atoms with Gasteiger partial charge in [0.2, 0.25) is 5.78 Å². The van der Waals surface area contributed by atoms with Crippen molar-refractivity contribution in [1.29, 1.82) is 0 Å². The molecule has 1 N–H and O–H groups in total. The fourth-order valence-corrected chi connectivity index (χ4v) is 5.56. The molecular weight excluding hydrogens is 539 g/mol. The predicted molar refractivity (Wildman–Crippen MR) is 142 cm³/mol. The normalized spacial score (nSPS) is 22.1. The topological polar surface area (TPSA) is 100 Å². The molecule has 3 aromatic rings. The minimum absolute atomic E-state index is 0.158. The summed E-state index contributed by atoms with van der Waals surface area (Å²) in [6.07, 6.45) is -1.48. The molecule has 2 bridgehead atoms. The van der Waals surface area contributed by atoms with Crippen LogP contribution in [0.2, 0.25) is 0 Å². The van der Waals surface area contributed by atoms with Crippen molar-refractivity contribution in [1.82, 2.24) is 4.57 Å². The number of hydrogen-bond donors (Lipinski definition) is 1. The largest absolute Gasteiger partial charge is 0.542 e. The molecule has 0 amide bonds. The van der Waals surface area contributed by atoms with E-state index < -0.39 is 18.2 Å². The van der Waals surface area contributed by atoms with Crippen LogP contribution in [0.4, 0.5) is 18.9 Å². The van der Waals surface area contributed by atoms with Gasteiger partial charge in [-0.3, -0.25) is 4.79 Å². The number of carboxylic acid groups (broad SMARTS) is 1. The molecule has 3 aliphatic rings. The number of alkyl halides is 3. The number of quaternary nitrogens is 1. The Balaban J connectivity index is 0.000000493. The van der Waals surface area contributed by atoms with Gasteiger partial charge in [0.05, 0.1) is 18.8 Å².